The third kappa shape index (κ3) is 3.31. The van der Waals surface area contributed by atoms with Gasteiger partial charge in [0.05, 0.1) is 35.3 Å². The van der Waals surface area contributed by atoms with Crippen LogP contribution >= 0.6 is 0 Å². The third-order valence-corrected chi connectivity index (χ3v) is 3.54. The minimum Gasteiger partial charge on any atom is -0.346 e. The molecule has 118 valence electrons. The van der Waals surface area contributed by atoms with E-state index in [-0.39, 0.29) is 5.91 Å². The molecule has 6 heteroatoms. The standard InChI is InChI=1S/C18H15N5O/c1-23-17(16-7-2-3-8-20-16)10-15(22-23)12-21-18(24)14-6-4-5-13(9-14)11-19/h2-10H,12H2,1H3,(H,21,24). The Kier molecular flexibility index (Phi) is 4.34. The largest absolute Gasteiger partial charge is 0.346 e. The van der Waals surface area contributed by atoms with Crippen molar-refractivity contribution in [2.45, 2.75) is 6.54 Å². The summed E-state index contributed by atoms with van der Waals surface area (Å²) >= 11 is 0. The van der Waals surface area contributed by atoms with Crippen molar-refractivity contribution in [2.24, 2.45) is 7.05 Å². The molecule has 1 aromatic carbocycles. The van der Waals surface area contributed by atoms with Crippen molar-refractivity contribution in [3.05, 3.63) is 71.5 Å². The fraction of sp³-hybridized carbons (Fsp3) is 0.111. The molecule has 1 N–H and O–H groups in total. The van der Waals surface area contributed by atoms with Gasteiger partial charge in [-0.25, -0.2) is 0 Å². The van der Waals surface area contributed by atoms with Gasteiger partial charge in [-0.15, -0.1) is 0 Å². The Balaban J connectivity index is 1.71. The smallest absolute Gasteiger partial charge is 0.251 e. The summed E-state index contributed by atoms with van der Waals surface area (Å²) in [5, 5.41) is 16.1. The van der Waals surface area contributed by atoms with E-state index in [1.165, 1.54) is 0 Å². The Morgan fingerprint density at radius 3 is 2.88 bits per heavy atom. The number of benzene rings is 1. The summed E-state index contributed by atoms with van der Waals surface area (Å²) in [4.78, 5) is 16.5. The van der Waals surface area contributed by atoms with Crippen LogP contribution in [-0.4, -0.2) is 20.7 Å². The number of hydrogen-bond donors (Lipinski definition) is 1. The molecular weight excluding hydrogens is 302 g/mol. The van der Waals surface area contributed by atoms with Crippen LogP contribution in [0.15, 0.2) is 54.7 Å². The molecule has 2 aromatic heterocycles. The van der Waals surface area contributed by atoms with Crippen LogP contribution in [0.5, 0.6) is 0 Å². The lowest BCUT2D eigenvalue weighted by Crippen LogP contribution is -2.23. The molecule has 0 aliphatic rings. The number of aryl methyl sites for hydroxylation is 1. The predicted molar refractivity (Wildman–Crippen MR) is 88.8 cm³/mol. The quantitative estimate of drug-likeness (QED) is 0.800. The summed E-state index contributed by atoms with van der Waals surface area (Å²) in [5.41, 5.74) is 3.36. The summed E-state index contributed by atoms with van der Waals surface area (Å²) < 4.78 is 1.74. The van der Waals surface area contributed by atoms with Crippen molar-refractivity contribution in [3.63, 3.8) is 0 Å². The Morgan fingerprint density at radius 1 is 1.25 bits per heavy atom. The monoisotopic (exact) mass is 317 g/mol. The fourth-order valence-electron chi connectivity index (χ4n) is 2.37. The highest BCUT2D eigenvalue weighted by Gasteiger charge is 2.10. The van der Waals surface area contributed by atoms with Gasteiger partial charge in [0.1, 0.15) is 0 Å². The van der Waals surface area contributed by atoms with Gasteiger partial charge in [0.15, 0.2) is 0 Å². The molecule has 0 radical (unpaired) electrons. The van der Waals surface area contributed by atoms with Gasteiger partial charge in [-0.1, -0.05) is 12.1 Å². The van der Waals surface area contributed by atoms with E-state index >= 15 is 0 Å². The highest BCUT2D eigenvalue weighted by molar-refractivity contribution is 5.94. The van der Waals surface area contributed by atoms with Crippen molar-refractivity contribution in [2.75, 3.05) is 0 Å². The summed E-state index contributed by atoms with van der Waals surface area (Å²) in [5.74, 6) is -0.239. The van der Waals surface area contributed by atoms with Crippen LogP contribution in [0, 0.1) is 11.3 Å². The van der Waals surface area contributed by atoms with Crippen molar-refractivity contribution in [3.8, 4) is 17.5 Å². The predicted octanol–water partition coefficient (Wildman–Crippen LogP) is 2.28. The van der Waals surface area contributed by atoms with Gasteiger partial charge < -0.3 is 5.32 Å². The van der Waals surface area contributed by atoms with E-state index < -0.39 is 0 Å². The van der Waals surface area contributed by atoms with Crippen LogP contribution in [0.3, 0.4) is 0 Å². The Hall–Kier alpha value is -3.46. The second kappa shape index (κ2) is 6.75. The number of nitrogens with zero attached hydrogens (tertiary/aromatic N) is 4. The molecule has 0 saturated heterocycles. The molecule has 0 fully saturated rings. The summed E-state index contributed by atoms with van der Waals surface area (Å²) in [6.45, 7) is 0.302. The molecule has 0 saturated carbocycles. The van der Waals surface area contributed by atoms with Crippen molar-refractivity contribution >= 4 is 5.91 Å². The number of carbonyl (C=O) groups excluding carboxylic acids is 1. The second-order valence-electron chi connectivity index (χ2n) is 5.23. The SMILES string of the molecule is Cn1nc(CNC(=O)c2cccc(C#N)c2)cc1-c1ccccn1. The maximum Gasteiger partial charge on any atom is 0.251 e. The number of carbonyl (C=O) groups is 1. The molecule has 3 rings (SSSR count). The lowest BCUT2D eigenvalue weighted by molar-refractivity contribution is 0.0950. The third-order valence-electron chi connectivity index (χ3n) is 3.54. The molecule has 0 atom stereocenters. The number of amides is 1. The molecular formula is C18H15N5O. The van der Waals surface area contributed by atoms with E-state index in [9.17, 15) is 4.79 Å². The van der Waals surface area contributed by atoms with E-state index in [4.69, 9.17) is 5.26 Å². The van der Waals surface area contributed by atoms with Gasteiger partial charge in [0.2, 0.25) is 0 Å². The van der Waals surface area contributed by atoms with Crippen LogP contribution in [0.4, 0.5) is 0 Å². The maximum absolute atomic E-state index is 12.2. The highest BCUT2D eigenvalue weighted by Crippen LogP contribution is 2.16. The first-order valence-electron chi connectivity index (χ1n) is 7.40. The lowest BCUT2D eigenvalue weighted by atomic mass is 10.1. The average Bonchev–Trinajstić information content (AvgIpc) is 3.01. The van der Waals surface area contributed by atoms with Crippen LogP contribution < -0.4 is 5.32 Å². The van der Waals surface area contributed by atoms with Gasteiger partial charge in [-0.05, 0) is 36.4 Å². The van der Waals surface area contributed by atoms with Crippen molar-refractivity contribution in [1.29, 1.82) is 5.26 Å². The molecule has 3 aromatic rings. The van der Waals surface area contributed by atoms with E-state index in [1.54, 1.807) is 35.1 Å². The number of aromatic nitrogens is 3. The summed E-state index contributed by atoms with van der Waals surface area (Å²) in [7, 11) is 1.84. The Labute approximate surface area is 139 Å². The molecule has 0 spiro atoms. The minimum atomic E-state index is -0.239. The topological polar surface area (TPSA) is 83.6 Å². The fourth-order valence-corrected chi connectivity index (χ4v) is 2.37. The van der Waals surface area contributed by atoms with Crippen molar-refractivity contribution in [1.82, 2.24) is 20.1 Å². The minimum absolute atomic E-state index is 0.239. The van der Waals surface area contributed by atoms with Gasteiger partial charge in [-0.3, -0.25) is 14.5 Å². The number of nitrogens with one attached hydrogen (secondary N) is 1. The zero-order valence-electron chi connectivity index (χ0n) is 13.1. The number of nitriles is 1. The number of pyridine rings is 1. The maximum atomic E-state index is 12.2. The lowest BCUT2D eigenvalue weighted by Gasteiger charge is -2.03. The molecule has 0 aliphatic heterocycles. The van der Waals surface area contributed by atoms with E-state index in [0.717, 1.165) is 17.1 Å². The van der Waals surface area contributed by atoms with Gasteiger partial charge in [-0.2, -0.15) is 10.4 Å². The van der Waals surface area contributed by atoms with Crippen LogP contribution in [0.25, 0.3) is 11.4 Å². The van der Waals surface area contributed by atoms with E-state index in [1.807, 2.05) is 37.4 Å². The first kappa shape index (κ1) is 15.4. The molecule has 24 heavy (non-hydrogen) atoms. The number of rotatable bonds is 4. The van der Waals surface area contributed by atoms with Gasteiger partial charge >= 0.3 is 0 Å². The normalized spacial score (nSPS) is 10.2. The zero-order chi connectivity index (χ0) is 16.9. The van der Waals surface area contributed by atoms with Gasteiger partial charge in [0, 0.05) is 18.8 Å². The summed E-state index contributed by atoms with van der Waals surface area (Å²) in [6, 6.07) is 16.2. The molecule has 0 aliphatic carbocycles. The van der Waals surface area contributed by atoms with E-state index in [0.29, 0.717) is 17.7 Å². The Bertz CT molecular complexity index is 909. The average molecular weight is 317 g/mol. The number of hydrogen-bond acceptors (Lipinski definition) is 4. The van der Waals surface area contributed by atoms with Crippen LogP contribution in [-0.2, 0) is 13.6 Å². The van der Waals surface area contributed by atoms with Crippen LogP contribution in [0.1, 0.15) is 21.6 Å². The molecule has 0 bridgehead atoms. The molecule has 2 heterocycles. The molecule has 1 amide bonds. The second-order valence-corrected chi connectivity index (χ2v) is 5.23. The Morgan fingerprint density at radius 2 is 2.12 bits per heavy atom. The van der Waals surface area contributed by atoms with Crippen molar-refractivity contribution < 1.29 is 4.79 Å². The van der Waals surface area contributed by atoms with E-state index in [2.05, 4.69) is 15.4 Å². The van der Waals surface area contributed by atoms with Crippen LogP contribution in [0.2, 0.25) is 0 Å². The first-order valence-corrected chi connectivity index (χ1v) is 7.40. The zero-order valence-corrected chi connectivity index (χ0v) is 13.1. The summed E-state index contributed by atoms with van der Waals surface area (Å²) in [6.07, 6.45) is 1.73. The van der Waals surface area contributed by atoms with Gasteiger partial charge in [0.25, 0.3) is 5.91 Å². The first-order chi connectivity index (χ1) is 11.7. The molecule has 0 unspecified atom stereocenters. The highest BCUT2D eigenvalue weighted by atomic mass is 16.1. The molecule has 6 nitrogen and oxygen atoms in total.